The van der Waals surface area contributed by atoms with Crippen molar-refractivity contribution in [3.63, 3.8) is 0 Å². The summed E-state index contributed by atoms with van der Waals surface area (Å²) >= 11 is 0. The SMILES string of the molecule is C=COCCCNC(=O)Nc1ccc(C(C)=O)cc1. The molecule has 0 unspecified atom stereocenters. The summed E-state index contributed by atoms with van der Waals surface area (Å²) in [6.07, 6.45) is 2.08. The van der Waals surface area contributed by atoms with Crippen LogP contribution in [0, 0.1) is 0 Å². The normalized spacial score (nSPS) is 9.53. The van der Waals surface area contributed by atoms with Crippen LogP contribution in [0.15, 0.2) is 37.1 Å². The number of ketones is 1. The van der Waals surface area contributed by atoms with E-state index >= 15 is 0 Å². The second-order valence-electron chi connectivity index (χ2n) is 3.91. The number of hydrogen-bond donors (Lipinski definition) is 2. The van der Waals surface area contributed by atoms with Gasteiger partial charge in [0.05, 0.1) is 12.9 Å². The number of rotatable bonds is 7. The van der Waals surface area contributed by atoms with Gasteiger partial charge >= 0.3 is 6.03 Å². The van der Waals surface area contributed by atoms with E-state index in [1.807, 2.05) is 0 Å². The molecule has 0 aliphatic rings. The van der Waals surface area contributed by atoms with Gasteiger partial charge in [0.2, 0.25) is 0 Å². The Balaban J connectivity index is 2.31. The Hall–Kier alpha value is -2.30. The highest BCUT2D eigenvalue weighted by atomic mass is 16.5. The quantitative estimate of drug-likeness (QED) is 0.451. The monoisotopic (exact) mass is 262 g/mol. The molecule has 2 amide bonds. The number of ether oxygens (including phenoxy) is 1. The number of Topliss-reactive ketones (excluding diaryl/α,β-unsaturated/α-hetero) is 1. The lowest BCUT2D eigenvalue weighted by atomic mass is 10.1. The van der Waals surface area contributed by atoms with Gasteiger partial charge < -0.3 is 15.4 Å². The van der Waals surface area contributed by atoms with Gasteiger partial charge in [0.15, 0.2) is 5.78 Å². The third-order valence-corrected chi connectivity index (χ3v) is 2.39. The van der Waals surface area contributed by atoms with Gasteiger partial charge in [0.1, 0.15) is 0 Å². The lowest BCUT2D eigenvalue weighted by Gasteiger charge is -2.07. The fraction of sp³-hybridized carbons (Fsp3) is 0.286. The minimum absolute atomic E-state index is 0.00165. The summed E-state index contributed by atoms with van der Waals surface area (Å²) in [7, 11) is 0. The number of anilines is 1. The Morgan fingerprint density at radius 3 is 2.58 bits per heavy atom. The average Bonchev–Trinajstić information content (AvgIpc) is 2.39. The number of urea groups is 1. The molecule has 0 radical (unpaired) electrons. The third kappa shape index (κ3) is 5.72. The van der Waals surface area contributed by atoms with Crippen molar-refractivity contribution in [1.82, 2.24) is 5.32 Å². The Morgan fingerprint density at radius 1 is 1.32 bits per heavy atom. The second-order valence-corrected chi connectivity index (χ2v) is 3.91. The largest absolute Gasteiger partial charge is 0.502 e. The van der Waals surface area contributed by atoms with Gasteiger partial charge in [-0.05, 0) is 37.6 Å². The fourth-order valence-electron chi connectivity index (χ4n) is 1.40. The van der Waals surface area contributed by atoms with Crippen LogP contribution in [0.2, 0.25) is 0 Å². The molecular weight excluding hydrogens is 244 g/mol. The van der Waals surface area contributed by atoms with Crippen LogP contribution < -0.4 is 10.6 Å². The van der Waals surface area contributed by atoms with Crippen molar-refractivity contribution in [3.8, 4) is 0 Å². The number of carbonyl (C=O) groups excluding carboxylic acids is 2. The number of benzene rings is 1. The smallest absolute Gasteiger partial charge is 0.319 e. The highest BCUT2D eigenvalue weighted by Crippen LogP contribution is 2.09. The van der Waals surface area contributed by atoms with Crippen molar-refractivity contribution in [2.45, 2.75) is 13.3 Å². The average molecular weight is 262 g/mol. The maximum Gasteiger partial charge on any atom is 0.319 e. The van der Waals surface area contributed by atoms with Crippen LogP contribution in [-0.4, -0.2) is 25.0 Å². The van der Waals surface area contributed by atoms with E-state index in [2.05, 4.69) is 17.2 Å². The summed E-state index contributed by atoms with van der Waals surface area (Å²) in [6.45, 7) is 5.97. The van der Waals surface area contributed by atoms with Crippen molar-refractivity contribution < 1.29 is 14.3 Å². The van der Waals surface area contributed by atoms with E-state index in [1.54, 1.807) is 24.3 Å². The predicted molar refractivity (Wildman–Crippen MR) is 74.2 cm³/mol. The first-order valence-electron chi connectivity index (χ1n) is 6.02. The lowest BCUT2D eigenvalue weighted by Crippen LogP contribution is -2.30. The van der Waals surface area contributed by atoms with Crippen molar-refractivity contribution in [2.24, 2.45) is 0 Å². The molecular formula is C14H18N2O3. The van der Waals surface area contributed by atoms with Crippen molar-refractivity contribution in [2.75, 3.05) is 18.5 Å². The van der Waals surface area contributed by atoms with Crippen LogP contribution in [0.25, 0.3) is 0 Å². The van der Waals surface area contributed by atoms with E-state index < -0.39 is 0 Å². The molecule has 0 spiro atoms. The fourth-order valence-corrected chi connectivity index (χ4v) is 1.40. The zero-order valence-electron chi connectivity index (χ0n) is 10.9. The van der Waals surface area contributed by atoms with E-state index in [4.69, 9.17) is 4.74 Å². The minimum atomic E-state index is -0.283. The standard InChI is InChI=1S/C14H18N2O3/c1-3-19-10-4-9-15-14(18)16-13-7-5-12(6-8-13)11(2)17/h3,5-8H,1,4,9-10H2,2H3,(H2,15,16,18). The Labute approximate surface area is 112 Å². The molecule has 0 atom stereocenters. The molecule has 1 aromatic rings. The van der Waals surface area contributed by atoms with E-state index in [0.717, 1.165) is 0 Å². The van der Waals surface area contributed by atoms with Crippen molar-refractivity contribution in [3.05, 3.63) is 42.7 Å². The third-order valence-electron chi connectivity index (χ3n) is 2.39. The summed E-state index contributed by atoms with van der Waals surface area (Å²) in [6, 6.07) is 6.45. The summed E-state index contributed by atoms with van der Waals surface area (Å²) in [4.78, 5) is 22.6. The number of amides is 2. The van der Waals surface area contributed by atoms with Gasteiger partial charge in [-0.1, -0.05) is 6.58 Å². The molecule has 0 aliphatic carbocycles. The Bertz CT molecular complexity index is 441. The Kier molecular flexibility index (Phi) is 6.15. The predicted octanol–water partition coefficient (Wildman–Crippen LogP) is 2.56. The molecule has 1 rings (SSSR count). The number of nitrogens with one attached hydrogen (secondary N) is 2. The van der Waals surface area contributed by atoms with Gasteiger partial charge in [-0.25, -0.2) is 4.79 Å². The molecule has 0 saturated carbocycles. The van der Waals surface area contributed by atoms with E-state index in [1.165, 1.54) is 13.2 Å². The highest BCUT2D eigenvalue weighted by molar-refractivity contribution is 5.95. The van der Waals surface area contributed by atoms with E-state index in [0.29, 0.717) is 30.8 Å². The van der Waals surface area contributed by atoms with Crippen LogP contribution in [0.3, 0.4) is 0 Å². The van der Waals surface area contributed by atoms with Gasteiger partial charge in [0.25, 0.3) is 0 Å². The van der Waals surface area contributed by atoms with Crippen LogP contribution in [0.1, 0.15) is 23.7 Å². The first kappa shape index (κ1) is 14.8. The van der Waals surface area contributed by atoms with Crippen molar-refractivity contribution >= 4 is 17.5 Å². The van der Waals surface area contributed by atoms with Crippen LogP contribution >= 0.6 is 0 Å². The highest BCUT2D eigenvalue weighted by Gasteiger charge is 2.02. The maximum atomic E-state index is 11.5. The second kappa shape index (κ2) is 7.92. The molecule has 1 aromatic carbocycles. The first-order valence-corrected chi connectivity index (χ1v) is 6.02. The summed E-state index contributed by atoms with van der Waals surface area (Å²) in [5.74, 6) is -0.00165. The summed E-state index contributed by atoms with van der Waals surface area (Å²) < 4.78 is 4.93. The summed E-state index contributed by atoms with van der Waals surface area (Å²) in [5, 5.41) is 5.37. The zero-order valence-corrected chi connectivity index (χ0v) is 10.9. The van der Waals surface area contributed by atoms with Gasteiger partial charge in [-0.15, -0.1) is 0 Å². The molecule has 5 heteroatoms. The van der Waals surface area contributed by atoms with Crippen molar-refractivity contribution in [1.29, 1.82) is 0 Å². The first-order chi connectivity index (χ1) is 9.13. The van der Waals surface area contributed by atoms with E-state index in [-0.39, 0.29) is 11.8 Å². The lowest BCUT2D eigenvalue weighted by molar-refractivity contribution is 0.101. The van der Waals surface area contributed by atoms with Crippen LogP contribution in [0.4, 0.5) is 10.5 Å². The molecule has 0 fully saturated rings. The van der Waals surface area contributed by atoms with Gasteiger partial charge in [-0.2, -0.15) is 0 Å². The molecule has 5 nitrogen and oxygen atoms in total. The van der Waals surface area contributed by atoms with Crippen LogP contribution in [-0.2, 0) is 4.74 Å². The molecule has 19 heavy (non-hydrogen) atoms. The number of carbonyl (C=O) groups is 2. The minimum Gasteiger partial charge on any atom is -0.502 e. The number of hydrogen-bond acceptors (Lipinski definition) is 3. The molecule has 102 valence electrons. The molecule has 2 N–H and O–H groups in total. The summed E-state index contributed by atoms with van der Waals surface area (Å²) in [5.41, 5.74) is 1.26. The molecule has 0 saturated heterocycles. The topological polar surface area (TPSA) is 67.4 Å². The van der Waals surface area contributed by atoms with E-state index in [9.17, 15) is 9.59 Å². The van der Waals surface area contributed by atoms with Gasteiger partial charge in [0, 0.05) is 17.8 Å². The maximum absolute atomic E-state index is 11.5. The van der Waals surface area contributed by atoms with Crippen LogP contribution in [0.5, 0.6) is 0 Å². The Morgan fingerprint density at radius 2 is 2.00 bits per heavy atom. The van der Waals surface area contributed by atoms with Gasteiger partial charge in [-0.3, -0.25) is 4.79 Å². The molecule has 0 aromatic heterocycles. The molecule has 0 aliphatic heterocycles. The molecule has 0 bridgehead atoms. The molecule has 0 heterocycles. The zero-order chi connectivity index (χ0) is 14.1.